The Kier molecular flexibility index (Phi) is 4.64. The number of anilines is 1. The molecule has 1 aromatic carbocycles. The third-order valence-corrected chi connectivity index (χ3v) is 2.71. The van der Waals surface area contributed by atoms with Gasteiger partial charge in [0.1, 0.15) is 11.6 Å². The van der Waals surface area contributed by atoms with Gasteiger partial charge < -0.3 is 11.1 Å². The fraction of sp³-hybridized carbons (Fsp3) is 0.125. The molecule has 0 unspecified atom stereocenters. The zero-order valence-corrected chi connectivity index (χ0v) is 11.5. The van der Waals surface area contributed by atoms with Gasteiger partial charge >= 0.3 is 0 Å². The molecule has 0 bridgehead atoms. The fourth-order valence-electron chi connectivity index (χ4n) is 1.73. The molecule has 0 spiro atoms. The maximum Gasteiger partial charge on any atom is 0.258 e. The van der Waals surface area contributed by atoms with Gasteiger partial charge in [-0.2, -0.15) is 0 Å². The highest BCUT2D eigenvalue weighted by atomic mass is 19.1. The molecule has 1 aromatic heterocycles. The normalized spacial score (nSPS) is 9.67. The van der Waals surface area contributed by atoms with Crippen LogP contribution in [-0.4, -0.2) is 17.4 Å². The summed E-state index contributed by atoms with van der Waals surface area (Å²) in [7, 11) is 0. The van der Waals surface area contributed by atoms with E-state index in [0.717, 1.165) is 11.8 Å². The number of nitrogens with zero attached hydrogens (tertiary/aromatic N) is 1. The third kappa shape index (κ3) is 3.88. The van der Waals surface area contributed by atoms with Crippen LogP contribution in [0.5, 0.6) is 0 Å². The van der Waals surface area contributed by atoms with E-state index in [0.29, 0.717) is 11.1 Å². The minimum absolute atomic E-state index is 0.217. The number of pyridine rings is 1. The average molecular weight is 283 g/mol. The maximum absolute atomic E-state index is 12.8. The Balaban J connectivity index is 2.29. The number of hydrogen-bond acceptors (Lipinski definition) is 3. The first kappa shape index (κ1) is 14.7. The quantitative estimate of drug-likeness (QED) is 0.829. The van der Waals surface area contributed by atoms with Crippen LogP contribution in [0.15, 0.2) is 36.5 Å². The molecule has 0 fully saturated rings. The number of halogens is 1. The molecule has 0 saturated heterocycles. The first-order valence-electron chi connectivity index (χ1n) is 6.32. The predicted molar refractivity (Wildman–Crippen MR) is 79.3 cm³/mol. The van der Waals surface area contributed by atoms with Crippen LogP contribution in [0.4, 0.5) is 10.2 Å². The molecular formula is C16H14FN3O. The number of hydrogen-bond donors (Lipinski definition) is 2. The van der Waals surface area contributed by atoms with Crippen LogP contribution in [0.3, 0.4) is 0 Å². The van der Waals surface area contributed by atoms with Gasteiger partial charge in [0.25, 0.3) is 5.91 Å². The summed E-state index contributed by atoms with van der Waals surface area (Å²) in [6.07, 6.45) is 1.04. The highest BCUT2D eigenvalue weighted by molar-refractivity contribution is 6.05. The molecule has 2 rings (SSSR count). The van der Waals surface area contributed by atoms with Crippen LogP contribution < -0.4 is 11.1 Å². The second-order valence-corrected chi connectivity index (χ2v) is 4.37. The molecule has 0 aliphatic rings. The van der Waals surface area contributed by atoms with Crippen molar-refractivity contribution in [1.82, 2.24) is 4.98 Å². The maximum atomic E-state index is 12.8. The number of aryl methyl sites for hydroxylation is 1. The lowest BCUT2D eigenvalue weighted by atomic mass is 10.0. The second-order valence-electron chi connectivity index (χ2n) is 4.37. The van der Waals surface area contributed by atoms with Crippen molar-refractivity contribution < 1.29 is 9.18 Å². The van der Waals surface area contributed by atoms with E-state index in [2.05, 4.69) is 22.1 Å². The second kappa shape index (κ2) is 6.64. The highest BCUT2D eigenvalue weighted by Crippen LogP contribution is 2.13. The smallest absolute Gasteiger partial charge is 0.258 e. The zero-order chi connectivity index (χ0) is 15.2. The van der Waals surface area contributed by atoms with E-state index in [9.17, 15) is 9.18 Å². The summed E-state index contributed by atoms with van der Waals surface area (Å²) >= 11 is 0. The molecule has 106 valence electrons. The van der Waals surface area contributed by atoms with Crippen LogP contribution in [-0.2, 0) is 0 Å². The highest BCUT2D eigenvalue weighted by Gasteiger charge is 2.11. The molecule has 0 aliphatic heterocycles. The van der Waals surface area contributed by atoms with Gasteiger partial charge in [-0.15, -0.1) is 0 Å². The van der Waals surface area contributed by atoms with Crippen molar-refractivity contribution >= 4 is 11.7 Å². The Morgan fingerprint density at radius 3 is 2.86 bits per heavy atom. The summed E-state index contributed by atoms with van der Waals surface area (Å²) in [6.45, 7) is 2.10. The Hall–Kier alpha value is -2.71. The Morgan fingerprint density at radius 1 is 1.38 bits per heavy atom. The number of benzene rings is 1. The number of rotatable bonds is 2. The lowest BCUT2D eigenvalue weighted by Crippen LogP contribution is -2.14. The van der Waals surface area contributed by atoms with Crippen molar-refractivity contribution in [3.05, 3.63) is 59.0 Å². The lowest BCUT2D eigenvalue weighted by molar-refractivity contribution is 0.102. The molecule has 5 heteroatoms. The van der Waals surface area contributed by atoms with Gasteiger partial charge in [0, 0.05) is 5.56 Å². The monoisotopic (exact) mass is 283 g/mol. The summed E-state index contributed by atoms with van der Waals surface area (Å²) in [6, 6.07) is 8.00. The van der Waals surface area contributed by atoms with Crippen molar-refractivity contribution in [3.8, 4) is 11.8 Å². The van der Waals surface area contributed by atoms with Crippen molar-refractivity contribution in [2.75, 3.05) is 11.9 Å². The first-order valence-corrected chi connectivity index (χ1v) is 6.32. The molecule has 1 heterocycles. The third-order valence-electron chi connectivity index (χ3n) is 2.71. The molecule has 0 radical (unpaired) electrons. The van der Waals surface area contributed by atoms with Gasteiger partial charge in [0.05, 0.1) is 18.3 Å². The van der Waals surface area contributed by atoms with Gasteiger partial charge in [-0.25, -0.2) is 9.37 Å². The Morgan fingerprint density at radius 2 is 2.19 bits per heavy atom. The molecule has 0 atom stereocenters. The van der Waals surface area contributed by atoms with Crippen LogP contribution in [0.25, 0.3) is 0 Å². The van der Waals surface area contributed by atoms with Gasteiger partial charge in [-0.1, -0.05) is 23.5 Å². The van der Waals surface area contributed by atoms with Crippen LogP contribution in [0, 0.1) is 24.6 Å². The molecule has 4 nitrogen and oxygen atoms in total. The van der Waals surface area contributed by atoms with Crippen molar-refractivity contribution in [3.63, 3.8) is 0 Å². The summed E-state index contributed by atoms with van der Waals surface area (Å²) in [5, 5.41) is 2.61. The van der Waals surface area contributed by atoms with Gasteiger partial charge in [0.2, 0.25) is 0 Å². The molecule has 0 aliphatic carbocycles. The number of carbonyl (C=O) groups is 1. The number of aromatic nitrogens is 1. The van der Waals surface area contributed by atoms with Crippen molar-refractivity contribution in [2.45, 2.75) is 6.92 Å². The molecule has 2 aromatic rings. The number of nitrogens with two attached hydrogens (primary N) is 1. The van der Waals surface area contributed by atoms with Gasteiger partial charge in [-0.3, -0.25) is 4.79 Å². The molecule has 3 N–H and O–H groups in total. The molecular weight excluding hydrogens is 269 g/mol. The topological polar surface area (TPSA) is 68.0 Å². The summed E-state index contributed by atoms with van der Waals surface area (Å²) in [5.74, 6) is 5.05. The van der Waals surface area contributed by atoms with Gasteiger partial charge in [0.15, 0.2) is 0 Å². The van der Waals surface area contributed by atoms with Crippen LogP contribution in [0.2, 0.25) is 0 Å². The first-order chi connectivity index (χ1) is 10.1. The molecule has 21 heavy (non-hydrogen) atoms. The Labute approximate surface area is 122 Å². The predicted octanol–water partition coefficient (Wildman–Crippen LogP) is 2.09. The zero-order valence-electron chi connectivity index (χ0n) is 11.5. The molecule has 0 saturated carbocycles. The average Bonchev–Trinajstić information content (AvgIpc) is 2.48. The van der Waals surface area contributed by atoms with Crippen molar-refractivity contribution in [1.29, 1.82) is 0 Å². The lowest BCUT2D eigenvalue weighted by Gasteiger charge is -2.07. The van der Waals surface area contributed by atoms with E-state index in [-0.39, 0.29) is 18.3 Å². The van der Waals surface area contributed by atoms with Crippen LogP contribution >= 0.6 is 0 Å². The standard InChI is InChI=1S/C16H14FN3O/c1-11-4-5-12(3-2-8-18)14(9-11)16(21)20-15-7-6-13(17)10-19-15/h4-7,9-10H,8,18H2,1H3,(H,19,20,21). The van der Waals surface area contributed by atoms with E-state index in [1.165, 1.54) is 12.1 Å². The SMILES string of the molecule is Cc1ccc(C#CCN)c(C(=O)Nc2ccc(F)cn2)c1. The summed E-state index contributed by atoms with van der Waals surface area (Å²) in [4.78, 5) is 16.1. The largest absolute Gasteiger partial charge is 0.320 e. The van der Waals surface area contributed by atoms with E-state index >= 15 is 0 Å². The van der Waals surface area contributed by atoms with E-state index in [1.807, 2.05) is 13.0 Å². The Bertz CT molecular complexity index is 715. The van der Waals surface area contributed by atoms with E-state index < -0.39 is 5.82 Å². The van der Waals surface area contributed by atoms with Gasteiger partial charge in [-0.05, 0) is 31.2 Å². The summed E-state index contributed by atoms with van der Waals surface area (Å²) in [5.41, 5.74) is 7.31. The number of amides is 1. The van der Waals surface area contributed by atoms with Crippen molar-refractivity contribution in [2.24, 2.45) is 5.73 Å². The fourth-order valence-corrected chi connectivity index (χ4v) is 1.73. The van der Waals surface area contributed by atoms with E-state index in [4.69, 9.17) is 5.73 Å². The van der Waals surface area contributed by atoms with E-state index in [1.54, 1.807) is 12.1 Å². The molecule has 1 amide bonds. The number of carbonyl (C=O) groups excluding carboxylic acids is 1. The summed E-state index contributed by atoms with van der Waals surface area (Å²) < 4.78 is 12.8. The van der Waals surface area contributed by atoms with Crippen LogP contribution in [0.1, 0.15) is 21.5 Å². The minimum Gasteiger partial charge on any atom is -0.320 e. The minimum atomic E-state index is -0.460. The number of nitrogens with one attached hydrogen (secondary N) is 1.